The molecule has 0 spiro atoms. The molecular weight excluding hydrogens is 374 g/mol. The highest BCUT2D eigenvalue weighted by molar-refractivity contribution is 5.94. The van der Waals surface area contributed by atoms with Crippen molar-refractivity contribution >= 4 is 11.5 Å². The molecule has 0 aliphatic carbocycles. The number of hydrogen-bond acceptors (Lipinski definition) is 5. The normalized spacial score (nSPS) is 25.8. The van der Waals surface area contributed by atoms with Gasteiger partial charge in [0.25, 0.3) is 0 Å². The van der Waals surface area contributed by atoms with Gasteiger partial charge in [-0.3, -0.25) is 9.69 Å². The van der Waals surface area contributed by atoms with Gasteiger partial charge in [0, 0.05) is 56.6 Å². The molecule has 3 saturated heterocycles. The van der Waals surface area contributed by atoms with Crippen molar-refractivity contribution in [2.24, 2.45) is 5.92 Å². The van der Waals surface area contributed by atoms with Crippen LogP contribution in [0.25, 0.3) is 0 Å². The lowest BCUT2D eigenvalue weighted by Gasteiger charge is -2.47. The number of ether oxygens (including phenoxy) is 1. The molecule has 5 nitrogen and oxygen atoms in total. The third-order valence-electron chi connectivity index (χ3n) is 7.21. The van der Waals surface area contributed by atoms with Crippen molar-refractivity contribution in [1.82, 2.24) is 9.80 Å². The third kappa shape index (κ3) is 5.83. The van der Waals surface area contributed by atoms with Crippen molar-refractivity contribution in [3.8, 4) is 0 Å². The summed E-state index contributed by atoms with van der Waals surface area (Å²) in [6.07, 6.45) is 7.89. The Morgan fingerprint density at radius 2 is 1.80 bits per heavy atom. The van der Waals surface area contributed by atoms with Crippen molar-refractivity contribution in [3.63, 3.8) is 0 Å². The number of hydrogen-bond donors (Lipinski definition) is 0. The number of nitrogens with zero attached hydrogens (tertiary/aromatic N) is 3. The number of likely N-dealkylation sites (tertiary alicyclic amines) is 1. The van der Waals surface area contributed by atoms with Gasteiger partial charge in [0.1, 0.15) is 0 Å². The average Bonchev–Trinajstić information content (AvgIpc) is 2.79. The van der Waals surface area contributed by atoms with Crippen molar-refractivity contribution in [2.75, 3.05) is 63.9 Å². The highest BCUT2D eigenvalue weighted by Crippen LogP contribution is 2.28. The molecule has 166 valence electrons. The summed E-state index contributed by atoms with van der Waals surface area (Å²) in [7, 11) is 0. The summed E-state index contributed by atoms with van der Waals surface area (Å²) in [4.78, 5) is 19.3. The smallest absolute Gasteiger partial charge is 0.159 e. The molecule has 0 bridgehead atoms. The molecule has 0 aromatic heterocycles. The van der Waals surface area contributed by atoms with E-state index < -0.39 is 0 Å². The second kappa shape index (κ2) is 10.7. The van der Waals surface area contributed by atoms with Crippen molar-refractivity contribution in [3.05, 3.63) is 29.8 Å². The van der Waals surface area contributed by atoms with Crippen LogP contribution in [0.2, 0.25) is 0 Å². The number of piperidine rings is 2. The maximum absolute atomic E-state index is 11.5. The first-order chi connectivity index (χ1) is 14.7. The molecule has 4 rings (SSSR count). The maximum atomic E-state index is 11.5. The number of fused-ring (bicyclic) bond motifs is 1. The number of carbonyl (C=O) groups excluding carboxylic acids is 1. The lowest BCUT2D eigenvalue weighted by Crippen LogP contribution is -2.57. The molecule has 0 saturated carbocycles. The van der Waals surface area contributed by atoms with Gasteiger partial charge in [0.15, 0.2) is 5.78 Å². The predicted molar refractivity (Wildman–Crippen MR) is 122 cm³/mol. The molecule has 3 aliphatic heterocycles. The summed E-state index contributed by atoms with van der Waals surface area (Å²) >= 11 is 0. The first-order valence-corrected chi connectivity index (χ1v) is 12.1. The van der Waals surface area contributed by atoms with Crippen molar-refractivity contribution in [1.29, 1.82) is 0 Å². The summed E-state index contributed by atoms with van der Waals surface area (Å²) in [5.41, 5.74) is 2.05. The Kier molecular flexibility index (Phi) is 7.80. The molecule has 0 radical (unpaired) electrons. The Morgan fingerprint density at radius 1 is 1.00 bits per heavy atom. The van der Waals surface area contributed by atoms with Gasteiger partial charge in [-0.05, 0) is 82.3 Å². The Balaban J connectivity index is 1.15. The van der Waals surface area contributed by atoms with E-state index in [9.17, 15) is 4.79 Å². The molecule has 1 unspecified atom stereocenters. The zero-order valence-electron chi connectivity index (χ0n) is 18.7. The van der Waals surface area contributed by atoms with E-state index in [-0.39, 0.29) is 5.78 Å². The van der Waals surface area contributed by atoms with Crippen LogP contribution < -0.4 is 4.90 Å². The summed E-state index contributed by atoms with van der Waals surface area (Å²) in [5.74, 6) is 0.830. The number of ketones is 1. The lowest BCUT2D eigenvalue weighted by molar-refractivity contribution is 0.0307. The molecule has 2 atom stereocenters. The van der Waals surface area contributed by atoms with Crippen LogP contribution in [0.5, 0.6) is 0 Å². The van der Waals surface area contributed by atoms with Gasteiger partial charge in [-0.2, -0.15) is 0 Å². The summed E-state index contributed by atoms with van der Waals surface area (Å²) in [5, 5.41) is 0. The molecule has 3 fully saturated rings. The minimum atomic E-state index is 0.137. The van der Waals surface area contributed by atoms with E-state index in [0.717, 1.165) is 38.4 Å². The standard InChI is InChI=1S/C25H39N3O2/c1-21(29)23-7-10-24(11-8-23)28-16-15-27-18-22(6-9-25(27)19-28)20-30-17-5-14-26-12-3-2-4-13-26/h7-8,10-11,22,25H,2-6,9,12-20H2,1H3/t22-,25?/m1/s1. The van der Waals surface area contributed by atoms with Crippen LogP contribution in [-0.4, -0.2) is 80.7 Å². The quantitative estimate of drug-likeness (QED) is 0.480. The lowest BCUT2D eigenvalue weighted by atomic mass is 9.91. The van der Waals surface area contributed by atoms with E-state index in [2.05, 4.69) is 26.8 Å². The number of anilines is 1. The van der Waals surface area contributed by atoms with Crippen LogP contribution in [0.15, 0.2) is 24.3 Å². The molecule has 1 aromatic carbocycles. The second-order valence-corrected chi connectivity index (χ2v) is 9.47. The summed E-state index contributed by atoms with van der Waals surface area (Å²) < 4.78 is 6.07. The highest BCUT2D eigenvalue weighted by atomic mass is 16.5. The van der Waals surface area contributed by atoms with Crippen LogP contribution in [0, 0.1) is 5.92 Å². The van der Waals surface area contributed by atoms with Gasteiger partial charge in [-0.1, -0.05) is 6.42 Å². The molecule has 0 N–H and O–H groups in total. The minimum absolute atomic E-state index is 0.137. The first-order valence-electron chi connectivity index (χ1n) is 12.1. The largest absolute Gasteiger partial charge is 0.381 e. The van der Waals surface area contributed by atoms with E-state index in [1.165, 1.54) is 70.4 Å². The molecule has 30 heavy (non-hydrogen) atoms. The number of benzene rings is 1. The van der Waals surface area contributed by atoms with Crippen LogP contribution in [0.1, 0.15) is 55.8 Å². The van der Waals surface area contributed by atoms with Crippen LogP contribution >= 0.6 is 0 Å². The maximum Gasteiger partial charge on any atom is 0.159 e. The SMILES string of the molecule is CC(=O)c1ccc(N2CCN3C[C@H](COCCCN4CCCCC4)CCC3C2)cc1. The number of piperazine rings is 1. The molecule has 3 aliphatic rings. The van der Waals surface area contributed by atoms with Gasteiger partial charge >= 0.3 is 0 Å². The Bertz CT molecular complexity index is 671. The highest BCUT2D eigenvalue weighted by Gasteiger charge is 2.33. The third-order valence-corrected chi connectivity index (χ3v) is 7.21. The average molecular weight is 414 g/mol. The second-order valence-electron chi connectivity index (χ2n) is 9.47. The van der Waals surface area contributed by atoms with Gasteiger partial charge in [0.05, 0.1) is 6.61 Å². The minimum Gasteiger partial charge on any atom is -0.381 e. The fourth-order valence-corrected chi connectivity index (χ4v) is 5.36. The topological polar surface area (TPSA) is 36.0 Å². The van der Waals surface area contributed by atoms with Crippen LogP contribution in [-0.2, 0) is 4.74 Å². The number of carbonyl (C=O) groups is 1. The van der Waals surface area contributed by atoms with E-state index in [1.807, 2.05) is 12.1 Å². The number of Topliss-reactive ketones (excluding diaryl/α,β-unsaturated/α-hetero) is 1. The Morgan fingerprint density at radius 3 is 2.57 bits per heavy atom. The zero-order chi connectivity index (χ0) is 20.8. The monoisotopic (exact) mass is 413 g/mol. The fourth-order valence-electron chi connectivity index (χ4n) is 5.36. The van der Waals surface area contributed by atoms with E-state index in [0.29, 0.717) is 12.0 Å². The molecule has 3 heterocycles. The van der Waals surface area contributed by atoms with Gasteiger partial charge in [0.2, 0.25) is 0 Å². The van der Waals surface area contributed by atoms with Gasteiger partial charge in [-0.15, -0.1) is 0 Å². The summed E-state index contributed by atoms with van der Waals surface area (Å²) in [6.45, 7) is 11.8. The molecule has 5 heteroatoms. The van der Waals surface area contributed by atoms with E-state index in [4.69, 9.17) is 4.74 Å². The zero-order valence-corrected chi connectivity index (χ0v) is 18.7. The fraction of sp³-hybridized carbons (Fsp3) is 0.720. The Hall–Kier alpha value is -1.43. The van der Waals surface area contributed by atoms with Crippen LogP contribution in [0.4, 0.5) is 5.69 Å². The van der Waals surface area contributed by atoms with E-state index >= 15 is 0 Å². The molecule has 1 aromatic rings. The predicted octanol–water partition coefficient (Wildman–Crippen LogP) is 3.68. The van der Waals surface area contributed by atoms with Gasteiger partial charge in [-0.25, -0.2) is 0 Å². The first kappa shape index (κ1) is 21.8. The molecule has 0 amide bonds. The van der Waals surface area contributed by atoms with E-state index in [1.54, 1.807) is 6.92 Å². The van der Waals surface area contributed by atoms with Gasteiger partial charge < -0.3 is 14.5 Å². The summed E-state index contributed by atoms with van der Waals surface area (Å²) in [6, 6.07) is 8.79. The van der Waals surface area contributed by atoms with Crippen LogP contribution in [0.3, 0.4) is 0 Å². The number of rotatable bonds is 8. The van der Waals surface area contributed by atoms with Crippen molar-refractivity contribution < 1.29 is 9.53 Å². The van der Waals surface area contributed by atoms with Crippen molar-refractivity contribution in [2.45, 2.75) is 51.5 Å². The Labute approximate surface area is 182 Å². The molecular formula is C25H39N3O2.